The SMILES string of the molecule is CC(NC1Cc2ccccc2C1)c1cc(F)ccc1O. The van der Waals surface area contributed by atoms with Gasteiger partial charge in [-0.15, -0.1) is 0 Å². The zero-order valence-corrected chi connectivity index (χ0v) is 11.4. The first-order valence-electron chi connectivity index (χ1n) is 6.94. The van der Waals surface area contributed by atoms with E-state index in [1.54, 1.807) is 0 Å². The predicted octanol–water partition coefficient (Wildman–Crippen LogP) is 3.35. The van der Waals surface area contributed by atoms with Crippen molar-refractivity contribution in [2.24, 2.45) is 0 Å². The van der Waals surface area contributed by atoms with Gasteiger partial charge in [0.1, 0.15) is 11.6 Å². The maximum atomic E-state index is 13.3. The molecule has 1 unspecified atom stereocenters. The molecule has 0 aliphatic heterocycles. The molecule has 0 spiro atoms. The van der Waals surface area contributed by atoms with Gasteiger partial charge in [0.05, 0.1) is 0 Å². The lowest BCUT2D eigenvalue weighted by atomic mass is 10.1. The van der Waals surface area contributed by atoms with E-state index in [0.717, 1.165) is 12.8 Å². The average Bonchev–Trinajstić information content (AvgIpc) is 2.83. The van der Waals surface area contributed by atoms with E-state index in [1.165, 1.54) is 29.3 Å². The van der Waals surface area contributed by atoms with Crippen LogP contribution in [0.5, 0.6) is 5.75 Å². The molecule has 20 heavy (non-hydrogen) atoms. The van der Waals surface area contributed by atoms with Gasteiger partial charge in [0.2, 0.25) is 0 Å². The van der Waals surface area contributed by atoms with Gasteiger partial charge in [-0.05, 0) is 49.1 Å². The highest BCUT2D eigenvalue weighted by molar-refractivity contribution is 5.36. The second kappa shape index (κ2) is 5.25. The van der Waals surface area contributed by atoms with E-state index in [2.05, 4.69) is 29.6 Å². The first kappa shape index (κ1) is 13.1. The summed E-state index contributed by atoms with van der Waals surface area (Å²) in [5, 5.41) is 13.3. The van der Waals surface area contributed by atoms with E-state index in [9.17, 15) is 9.50 Å². The molecule has 0 amide bonds. The lowest BCUT2D eigenvalue weighted by Crippen LogP contribution is -2.32. The molecule has 1 aliphatic carbocycles. The quantitative estimate of drug-likeness (QED) is 0.897. The molecule has 2 aromatic rings. The van der Waals surface area contributed by atoms with Crippen molar-refractivity contribution in [2.75, 3.05) is 0 Å². The summed E-state index contributed by atoms with van der Waals surface area (Å²) in [6.45, 7) is 1.96. The Balaban J connectivity index is 1.72. The molecule has 3 heteroatoms. The number of hydrogen-bond acceptors (Lipinski definition) is 2. The van der Waals surface area contributed by atoms with Crippen LogP contribution >= 0.6 is 0 Å². The van der Waals surface area contributed by atoms with E-state index in [0.29, 0.717) is 11.6 Å². The third-order valence-corrected chi connectivity index (χ3v) is 3.99. The molecule has 0 saturated carbocycles. The molecule has 104 valence electrons. The Morgan fingerprint density at radius 2 is 1.80 bits per heavy atom. The molecule has 2 nitrogen and oxygen atoms in total. The number of fused-ring (bicyclic) bond motifs is 1. The smallest absolute Gasteiger partial charge is 0.123 e. The second-order valence-corrected chi connectivity index (χ2v) is 5.47. The minimum Gasteiger partial charge on any atom is -0.508 e. The predicted molar refractivity (Wildman–Crippen MR) is 77.3 cm³/mol. The zero-order valence-electron chi connectivity index (χ0n) is 11.4. The van der Waals surface area contributed by atoms with E-state index < -0.39 is 0 Å². The molecule has 1 aliphatic rings. The summed E-state index contributed by atoms with van der Waals surface area (Å²) in [7, 11) is 0. The van der Waals surface area contributed by atoms with Crippen molar-refractivity contribution in [1.29, 1.82) is 0 Å². The van der Waals surface area contributed by atoms with E-state index >= 15 is 0 Å². The van der Waals surface area contributed by atoms with Gasteiger partial charge in [-0.2, -0.15) is 0 Å². The molecule has 0 fully saturated rings. The van der Waals surface area contributed by atoms with Crippen LogP contribution in [0.4, 0.5) is 4.39 Å². The summed E-state index contributed by atoms with van der Waals surface area (Å²) < 4.78 is 13.3. The summed E-state index contributed by atoms with van der Waals surface area (Å²) in [4.78, 5) is 0. The molecular weight excluding hydrogens is 253 g/mol. The standard InChI is InChI=1S/C17H18FNO/c1-11(16-10-14(18)6-7-17(16)20)19-15-8-12-4-2-3-5-13(12)9-15/h2-7,10-11,15,19-20H,8-9H2,1H3. The molecule has 2 aromatic carbocycles. The van der Waals surface area contributed by atoms with Gasteiger partial charge in [0.25, 0.3) is 0 Å². The molecule has 0 bridgehead atoms. The maximum absolute atomic E-state index is 13.3. The summed E-state index contributed by atoms with van der Waals surface area (Å²) in [5.41, 5.74) is 3.36. The van der Waals surface area contributed by atoms with E-state index in [4.69, 9.17) is 0 Å². The van der Waals surface area contributed by atoms with Crippen molar-refractivity contribution in [3.63, 3.8) is 0 Å². The third kappa shape index (κ3) is 2.54. The third-order valence-electron chi connectivity index (χ3n) is 3.99. The van der Waals surface area contributed by atoms with Crippen molar-refractivity contribution < 1.29 is 9.50 Å². The summed E-state index contributed by atoms with van der Waals surface area (Å²) in [6, 6.07) is 12.8. The Morgan fingerprint density at radius 1 is 1.15 bits per heavy atom. The molecule has 0 aromatic heterocycles. The monoisotopic (exact) mass is 271 g/mol. The van der Waals surface area contributed by atoms with Crippen LogP contribution in [-0.2, 0) is 12.8 Å². The number of rotatable bonds is 3. The largest absolute Gasteiger partial charge is 0.508 e. The van der Waals surface area contributed by atoms with Gasteiger partial charge in [-0.25, -0.2) is 4.39 Å². The Bertz CT molecular complexity index is 601. The summed E-state index contributed by atoms with van der Waals surface area (Å²) in [5.74, 6) is -0.178. The molecule has 0 radical (unpaired) electrons. The lowest BCUT2D eigenvalue weighted by molar-refractivity contribution is 0.426. The van der Waals surface area contributed by atoms with Gasteiger partial charge in [-0.3, -0.25) is 0 Å². The highest BCUT2D eigenvalue weighted by atomic mass is 19.1. The number of aromatic hydroxyl groups is 1. The number of halogens is 1. The zero-order chi connectivity index (χ0) is 14.1. The van der Waals surface area contributed by atoms with Crippen molar-refractivity contribution in [3.05, 3.63) is 65.0 Å². The van der Waals surface area contributed by atoms with Gasteiger partial charge in [0.15, 0.2) is 0 Å². The number of benzene rings is 2. The molecule has 3 rings (SSSR count). The van der Waals surface area contributed by atoms with Crippen LogP contribution in [0.3, 0.4) is 0 Å². The van der Waals surface area contributed by atoms with Crippen LogP contribution in [-0.4, -0.2) is 11.1 Å². The first-order chi connectivity index (χ1) is 9.63. The highest BCUT2D eigenvalue weighted by Gasteiger charge is 2.23. The normalized spacial score (nSPS) is 16.1. The molecule has 0 saturated heterocycles. The molecule has 2 N–H and O–H groups in total. The lowest BCUT2D eigenvalue weighted by Gasteiger charge is -2.20. The van der Waals surface area contributed by atoms with Gasteiger partial charge in [0, 0.05) is 17.6 Å². The second-order valence-electron chi connectivity index (χ2n) is 5.47. The van der Waals surface area contributed by atoms with Crippen molar-refractivity contribution in [3.8, 4) is 5.75 Å². The van der Waals surface area contributed by atoms with Crippen LogP contribution in [0.25, 0.3) is 0 Å². The van der Waals surface area contributed by atoms with Gasteiger partial charge in [-0.1, -0.05) is 24.3 Å². The molecule has 1 atom stereocenters. The number of nitrogens with one attached hydrogen (secondary N) is 1. The summed E-state index contributed by atoms with van der Waals surface area (Å²) in [6.07, 6.45) is 1.97. The fraction of sp³-hybridized carbons (Fsp3) is 0.294. The number of phenols is 1. The van der Waals surface area contributed by atoms with Crippen molar-refractivity contribution in [2.45, 2.75) is 31.8 Å². The fourth-order valence-corrected chi connectivity index (χ4v) is 2.99. The number of phenolic OH excluding ortho intramolecular Hbond substituents is 1. The Hall–Kier alpha value is -1.87. The van der Waals surface area contributed by atoms with E-state index in [-0.39, 0.29) is 17.6 Å². The van der Waals surface area contributed by atoms with Crippen LogP contribution in [0.1, 0.15) is 29.7 Å². The summed E-state index contributed by atoms with van der Waals surface area (Å²) >= 11 is 0. The van der Waals surface area contributed by atoms with Crippen LogP contribution in [0.2, 0.25) is 0 Å². The van der Waals surface area contributed by atoms with E-state index in [1.807, 2.05) is 6.92 Å². The van der Waals surface area contributed by atoms with Gasteiger partial charge >= 0.3 is 0 Å². The van der Waals surface area contributed by atoms with Crippen LogP contribution in [0.15, 0.2) is 42.5 Å². The van der Waals surface area contributed by atoms with Gasteiger partial charge < -0.3 is 10.4 Å². The first-order valence-corrected chi connectivity index (χ1v) is 6.94. The van der Waals surface area contributed by atoms with Crippen molar-refractivity contribution in [1.82, 2.24) is 5.32 Å². The van der Waals surface area contributed by atoms with Crippen LogP contribution < -0.4 is 5.32 Å². The van der Waals surface area contributed by atoms with Crippen LogP contribution in [0, 0.1) is 5.82 Å². The van der Waals surface area contributed by atoms with Crippen molar-refractivity contribution >= 4 is 0 Å². The minimum absolute atomic E-state index is 0.0787. The molecule has 0 heterocycles. The maximum Gasteiger partial charge on any atom is 0.123 e. The Kier molecular flexibility index (Phi) is 3.45. The topological polar surface area (TPSA) is 32.3 Å². The fourth-order valence-electron chi connectivity index (χ4n) is 2.99. The minimum atomic E-state index is -0.318. The molecular formula is C17H18FNO. The average molecular weight is 271 g/mol. The highest BCUT2D eigenvalue weighted by Crippen LogP contribution is 2.28. The Labute approximate surface area is 118 Å². The Morgan fingerprint density at radius 3 is 2.45 bits per heavy atom. The number of hydrogen-bond donors (Lipinski definition) is 2.